The lowest BCUT2D eigenvalue weighted by atomic mass is 9.85. The van der Waals surface area contributed by atoms with Gasteiger partial charge in [-0.25, -0.2) is 4.99 Å². The molecule has 0 N–H and O–H groups in total. The van der Waals surface area contributed by atoms with Gasteiger partial charge in [-0.3, -0.25) is 9.36 Å². The van der Waals surface area contributed by atoms with E-state index in [2.05, 4.69) is 41.8 Å². The molecule has 0 saturated heterocycles. The van der Waals surface area contributed by atoms with Gasteiger partial charge < -0.3 is 9.47 Å². The Morgan fingerprint density at radius 1 is 1.03 bits per heavy atom. The van der Waals surface area contributed by atoms with Crippen molar-refractivity contribution in [3.05, 3.63) is 107 Å². The number of fused-ring (bicyclic) bond motifs is 4. The number of hydrogen-bond acceptors (Lipinski definition) is 6. The molecule has 4 aromatic rings. The number of nitrogens with zero attached hydrogens (tertiary/aromatic N) is 2. The summed E-state index contributed by atoms with van der Waals surface area (Å²) in [4.78, 5) is 20.7. The maximum atomic E-state index is 13.7. The Morgan fingerprint density at radius 2 is 1.94 bits per heavy atom. The second kappa shape index (κ2) is 7.30. The number of benzene rings is 2. The number of thiophene rings is 1. The van der Waals surface area contributed by atoms with Gasteiger partial charge in [0.1, 0.15) is 0 Å². The molecule has 0 bridgehead atoms. The molecule has 5 nitrogen and oxygen atoms in total. The minimum atomic E-state index is -0.108. The summed E-state index contributed by atoms with van der Waals surface area (Å²) in [7, 11) is 0. The van der Waals surface area contributed by atoms with Gasteiger partial charge in [0.05, 0.1) is 16.3 Å². The van der Waals surface area contributed by atoms with Gasteiger partial charge in [0, 0.05) is 10.4 Å². The quantitative estimate of drug-likeness (QED) is 0.443. The largest absolute Gasteiger partial charge is 0.454 e. The van der Waals surface area contributed by atoms with Crippen molar-refractivity contribution < 1.29 is 9.47 Å². The van der Waals surface area contributed by atoms with E-state index in [0.29, 0.717) is 10.3 Å². The fraction of sp³-hybridized carbons (Fsp3) is 0.154. The zero-order chi connectivity index (χ0) is 21.9. The summed E-state index contributed by atoms with van der Waals surface area (Å²) in [6.45, 7) is 0.231. The third kappa shape index (κ3) is 2.96. The van der Waals surface area contributed by atoms with Crippen molar-refractivity contribution in [2.45, 2.75) is 18.9 Å². The Morgan fingerprint density at radius 3 is 2.85 bits per heavy atom. The highest BCUT2D eigenvalue weighted by atomic mass is 32.1. The van der Waals surface area contributed by atoms with E-state index in [0.717, 1.165) is 34.7 Å². The van der Waals surface area contributed by atoms with Crippen LogP contribution in [0.3, 0.4) is 0 Å². The summed E-state index contributed by atoms with van der Waals surface area (Å²) in [5.74, 6) is 1.44. The summed E-state index contributed by atoms with van der Waals surface area (Å²) in [6, 6.07) is 18.3. The molecule has 0 fully saturated rings. The van der Waals surface area contributed by atoms with Crippen LogP contribution < -0.4 is 24.4 Å². The Balaban J connectivity index is 1.46. The van der Waals surface area contributed by atoms with Crippen molar-refractivity contribution in [2.24, 2.45) is 4.99 Å². The second-order valence-corrected chi connectivity index (χ2v) is 10.2. The Kier molecular flexibility index (Phi) is 4.22. The molecule has 1 aliphatic carbocycles. The highest BCUT2D eigenvalue weighted by Crippen LogP contribution is 2.42. The van der Waals surface area contributed by atoms with Crippen LogP contribution in [0, 0.1) is 0 Å². The first-order chi connectivity index (χ1) is 16.3. The van der Waals surface area contributed by atoms with E-state index in [9.17, 15) is 4.79 Å². The third-order valence-corrected chi connectivity index (χ3v) is 8.29. The van der Waals surface area contributed by atoms with Crippen LogP contribution in [0.5, 0.6) is 11.5 Å². The van der Waals surface area contributed by atoms with Crippen molar-refractivity contribution in [1.82, 2.24) is 4.57 Å². The summed E-state index contributed by atoms with van der Waals surface area (Å²) in [6.07, 6.45) is 3.80. The topological polar surface area (TPSA) is 52.8 Å². The van der Waals surface area contributed by atoms with E-state index < -0.39 is 0 Å². The number of hydrogen-bond donors (Lipinski definition) is 0. The first-order valence-corrected chi connectivity index (χ1v) is 12.5. The fourth-order valence-electron chi connectivity index (χ4n) is 4.87. The number of aryl methyl sites for hydroxylation is 1. The first-order valence-electron chi connectivity index (χ1n) is 10.8. The van der Waals surface area contributed by atoms with E-state index in [4.69, 9.17) is 14.5 Å². The van der Waals surface area contributed by atoms with Crippen LogP contribution in [0.2, 0.25) is 0 Å². The molecule has 7 rings (SSSR count). The van der Waals surface area contributed by atoms with Gasteiger partial charge in [-0.15, -0.1) is 11.3 Å². The molecule has 3 aliphatic rings. The molecule has 33 heavy (non-hydrogen) atoms. The van der Waals surface area contributed by atoms with Crippen molar-refractivity contribution in [1.29, 1.82) is 0 Å². The minimum absolute atomic E-state index is 0.000209. The highest BCUT2D eigenvalue weighted by Gasteiger charge is 2.33. The number of allylic oxidation sites excluding steroid dienone is 1. The molecular weight excluding hydrogens is 452 g/mol. The predicted molar refractivity (Wildman–Crippen MR) is 130 cm³/mol. The van der Waals surface area contributed by atoms with E-state index in [1.165, 1.54) is 32.9 Å². The van der Waals surface area contributed by atoms with E-state index in [1.54, 1.807) is 11.3 Å². The molecule has 0 spiro atoms. The normalized spacial score (nSPS) is 18.5. The van der Waals surface area contributed by atoms with Gasteiger partial charge in [0.25, 0.3) is 5.56 Å². The number of aromatic nitrogens is 1. The Hall–Kier alpha value is -3.42. The van der Waals surface area contributed by atoms with Gasteiger partial charge in [0.2, 0.25) is 6.79 Å². The minimum Gasteiger partial charge on any atom is -0.454 e. The lowest BCUT2D eigenvalue weighted by Crippen LogP contribution is -2.38. The summed E-state index contributed by atoms with van der Waals surface area (Å²) >= 11 is 3.14. The van der Waals surface area contributed by atoms with Gasteiger partial charge in [0.15, 0.2) is 16.3 Å². The Bertz CT molecular complexity index is 1630. The Labute approximate surface area is 197 Å². The third-order valence-electron chi connectivity index (χ3n) is 6.38. The van der Waals surface area contributed by atoms with Crippen LogP contribution in [-0.4, -0.2) is 11.4 Å². The maximum absolute atomic E-state index is 13.7. The molecular formula is C26H18N2O3S2. The molecule has 2 aromatic heterocycles. The molecule has 2 aliphatic heterocycles. The summed E-state index contributed by atoms with van der Waals surface area (Å²) < 4.78 is 13.5. The van der Waals surface area contributed by atoms with Gasteiger partial charge >= 0.3 is 0 Å². The SMILES string of the molecule is O=c1/c(=C/c2ccc3c(c2)OCO3)sc2n1[C@H](c1cccs1)C1=C(N=2)c2ccccc2CC1. The molecule has 7 heteroatoms. The van der Waals surface area contributed by atoms with Crippen molar-refractivity contribution >= 4 is 34.4 Å². The van der Waals surface area contributed by atoms with Crippen molar-refractivity contribution in [3.8, 4) is 11.5 Å². The summed E-state index contributed by atoms with van der Waals surface area (Å²) in [5, 5.41) is 2.08. The van der Waals surface area contributed by atoms with Gasteiger partial charge in [-0.2, -0.15) is 0 Å². The molecule has 0 unspecified atom stereocenters. The van der Waals surface area contributed by atoms with E-state index >= 15 is 0 Å². The van der Waals surface area contributed by atoms with Crippen LogP contribution in [0.25, 0.3) is 11.8 Å². The number of thiazole rings is 1. The number of rotatable bonds is 2. The zero-order valence-electron chi connectivity index (χ0n) is 17.5. The molecule has 162 valence electrons. The monoisotopic (exact) mass is 470 g/mol. The first kappa shape index (κ1) is 19.1. The highest BCUT2D eigenvalue weighted by molar-refractivity contribution is 7.10. The van der Waals surface area contributed by atoms with Crippen molar-refractivity contribution in [2.75, 3.05) is 6.79 Å². The van der Waals surface area contributed by atoms with Crippen LogP contribution in [-0.2, 0) is 6.42 Å². The predicted octanol–water partition coefficient (Wildman–Crippen LogP) is 4.11. The lowest BCUT2D eigenvalue weighted by Gasteiger charge is -2.30. The fourth-order valence-corrected chi connectivity index (χ4v) is 6.72. The molecule has 1 atom stereocenters. The molecule has 0 radical (unpaired) electrons. The average Bonchev–Trinajstić information content (AvgIpc) is 3.59. The van der Waals surface area contributed by atoms with E-state index in [-0.39, 0.29) is 18.4 Å². The lowest BCUT2D eigenvalue weighted by molar-refractivity contribution is 0.174. The van der Waals surface area contributed by atoms with Crippen LogP contribution in [0.15, 0.2) is 75.3 Å². The van der Waals surface area contributed by atoms with Gasteiger partial charge in [-0.05, 0) is 59.2 Å². The molecule has 0 saturated carbocycles. The van der Waals surface area contributed by atoms with Crippen LogP contribution in [0.4, 0.5) is 0 Å². The van der Waals surface area contributed by atoms with E-state index in [1.807, 2.05) is 28.8 Å². The van der Waals surface area contributed by atoms with Crippen LogP contribution >= 0.6 is 22.7 Å². The standard InChI is InChI=1S/C26H18N2O3S2/c29-25-22(13-15-7-10-19-20(12-15)31-14-30-19)33-26-27-23-17-5-2-1-4-16(17)8-9-18(23)24(28(25)26)21-6-3-11-32-21/h1-7,10-13,24H,8-9,14H2/b22-13-/t24-/m0/s1. The molecule has 2 aromatic carbocycles. The van der Waals surface area contributed by atoms with Crippen molar-refractivity contribution in [3.63, 3.8) is 0 Å². The maximum Gasteiger partial charge on any atom is 0.271 e. The average molecular weight is 471 g/mol. The molecule has 4 heterocycles. The van der Waals surface area contributed by atoms with Crippen LogP contribution in [0.1, 0.15) is 34.0 Å². The van der Waals surface area contributed by atoms with Gasteiger partial charge in [-0.1, -0.05) is 47.7 Å². The smallest absolute Gasteiger partial charge is 0.271 e. The number of ether oxygens (including phenoxy) is 2. The zero-order valence-corrected chi connectivity index (χ0v) is 19.1. The molecule has 0 amide bonds. The summed E-state index contributed by atoms with van der Waals surface area (Å²) in [5.41, 5.74) is 5.69. The second-order valence-electron chi connectivity index (χ2n) is 8.24.